The standard InChI is InChI=1S/C6H14N2/c1-5-7-6(2)8(3)4/h7H,2,5H2,1,3-4H3. The molecule has 2 nitrogen and oxygen atoms in total. The lowest BCUT2D eigenvalue weighted by molar-refractivity contribution is 0.468. The summed E-state index contributed by atoms with van der Waals surface area (Å²) in [6.07, 6.45) is 0. The first-order valence-corrected chi connectivity index (χ1v) is 2.78. The highest BCUT2D eigenvalue weighted by atomic mass is 15.2. The second-order valence-corrected chi connectivity index (χ2v) is 1.87. The second-order valence-electron chi connectivity index (χ2n) is 1.87. The van der Waals surface area contributed by atoms with Crippen molar-refractivity contribution in [1.29, 1.82) is 0 Å². The van der Waals surface area contributed by atoms with Gasteiger partial charge in [0.2, 0.25) is 0 Å². The summed E-state index contributed by atoms with van der Waals surface area (Å²) in [6.45, 7) is 6.75. The molecule has 0 rings (SSSR count). The molecule has 0 amide bonds. The molecule has 1 N–H and O–H groups in total. The van der Waals surface area contributed by atoms with E-state index in [-0.39, 0.29) is 0 Å². The summed E-state index contributed by atoms with van der Waals surface area (Å²) in [5, 5.41) is 3.08. The summed E-state index contributed by atoms with van der Waals surface area (Å²) in [5.74, 6) is 0.965. The van der Waals surface area contributed by atoms with Crippen molar-refractivity contribution in [2.75, 3.05) is 20.6 Å². The lowest BCUT2D eigenvalue weighted by Gasteiger charge is -2.15. The zero-order valence-corrected chi connectivity index (χ0v) is 5.86. The summed E-state index contributed by atoms with van der Waals surface area (Å²) in [7, 11) is 3.93. The average Bonchev–Trinajstić information content (AvgIpc) is 1.67. The number of nitrogens with one attached hydrogen (secondary N) is 1. The largest absolute Gasteiger partial charge is 0.373 e. The molecule has 0 aromatic heterocycles. The Hall–Kier alpha value is -0.660. The molecule has 8 heavy (non-hydrogen) atoms. The van der Waals surface area contributed by atoms with Crippen LogP contribution >= 0.6 is 0 Å². The zero-order chi connectivity index (χ0) is 6.57. The molecule has 2 heteroatoms. The smallest absolute Gasteiger partial charge is 0.0933 e. The zero-order valence-electron chi connectivity index (χ0n) is 5.86. The highest BCUT2D eigenvalue weighted by Gasteiger charge is 1.88. The van der Waals surface area contributed by atoms with Crippen molar-refractivity contribution in [2.24, 2.45) is 0 Å². The van der Waals surface area contributed by atoms with Crippen LogP contribution in [-0.4, -0.2) is 25.5 Å². The fourth-order valence-electron chi connectivity index (χ4n) is 0.362. The van der Waals surface area contributed by atoms with Gasteiger partial charge in [-0.3, -0.25) is 0 Å². The molecule has 0 fully saturated rings. The van der Waals surface area contributed by atoms with Crippen LogP contribution in [0.15, 0.2) is 12.4 Å². The lowest BCUT2D eigenvalue weighted by atomic mass is 10.6. The molecule has 0 saturated heterocycles. The highest BCUT2D eigenvalue weighted by Crippen LogP contribution is 1.84. The van der Waals surface area contributed by atoms with E-state index in [9.17, 15) is 0 Å². The minimum Gasteiger partial charge on any atom is -0.373 e. The van der Waals surface area contributed by atoms with Crippen LogP contribution in [0, 0.1) is 0 Å². The van der Waals surface area contributed by atoms with Crippen LogP contribution in [0.2, 0.25) is 0 Å². The maximum absolute atomic E-state index is 3.76. The van der Waals surface area contributed by atoms with Gasteiger partial charge in [-0.1, -0.05) is 6.58 Å². The molecule has 0 atom stereocenters. The molecule has 0 radical (unpaired) electrons. The van der Waals surface area contributed by atoms with Crippen molar-refractivity contribution in [2.45, 2.75) is 6.92 Å². The molecule has 0 aromatic rings. The Labute approximate surface area is 51.2 Å². The monoisotopic (exact) mass is 114 g/mol. The van der Waals surface area contributed by atoms with Gasteiger partial charge in [0.25, 0.3) is 0 Å². The molecule has 0 spiro atoms. The van der Waals surface area contributed by atoms with Crippen molar-refractivity contribution in [3.8, 4) is 0 Å². The number of hydrogen-bond donors (Lipinski definition) is 1. The van der Waals surface area contributed by atoms with Crippen molar-refractivity contribution in [3.63, 3.8) is 0 Å². The summed E-state index contributed by atoms with van der Waals surface area (Å²) in [6, 6.07) is 0. The van der Waals surface area contributed by atoms with E-state index in [4.69, 9.17) is 0 Å². The molecule has 0 aromatic carbocycles. The van der Waals surface area contributed by atoms with Gasteiger partial charge in [0.1, 0.15) is 0 Å². The quantitative estimate of drug-likeness (QED) is 0.579. The number of rotatable bonds is 3. The number of hydrogen-bond acceptors (Lipinski definition) is 2. The Balaban J connectivity index is 3.33. The van der Waals surface area contributed by atoms with Gasteiger partial charge in [-0.15, -0.1) is 0 Å². The topological polar surface area (TPSA) is 15.3 Å². The molecule has 0 saturated carbocycles. The molecule has 0 aliphatic heterocycles. The first-order chi connectivity index (χ1) is 3.68. The molecular weight excluding hydrogens is 100 g/mol. The maximum atomic E-state index is 3.76. The van der Waals surface area contributed by atoms with E-state index in [0.717, 1.165) is 12.4 Å². The highest BCUT2D eigenvalue weighted by molar-refractivity contribution is 4.86. The van der Waals surface area contributed by atoms with E-state index in [1.54, 1.807) is 0 Å². The lowest BCUT2D eigenvalue weighted by Crippen LogP contribution is -2.23. The Bertz CT molecular complexity index is 76.6. The third-order valence-electron chi connectivity index (χ3n) is 0.921. The summed E-state index contributed by atoms with van der Waals surface area (Å²) >= 11 is 0. The Morgan fingerprint density at radius 2 is 2.12 bits per heavy atom. The first kappa shape index (κ1) is 7.34. The fraction of sp³-hybridized carbons (Fsp3) is 0.667. The van der Waals surface area contributed by atoms with E-state index in [1.165, 1.54) is 0 Å². The van der Waals surface area contributed by atoms with E-state index < -0.39 is 0 Å². The van der Waals surface area contributed by atoms with Crippen LogP contribution in [0.1, 0.15) is 6.92 Å². The Kier molecular flexibility index (Phi) is 3.08. The van der Waals surface area contributed by atoms with Gasteiger partial charge in [0.05, 0.1) is 5.82 Å². The minimum atomic E-state index is 0.941. The minimum absolute atomic E-state index is 0.941. The van der Waals surface area contributed by atoms with Crippen LogP contribution in [0.3, 0.4) is 0 Å². The van der Waals surface area contributed by atoms with Crippen LogP contribution < -0.4 is 5.32 Å². The van der Waals surface area contributed by atoms with Crippen LogP contribution in [0.4, 0.5) is 0 Å². The van der Waals surface area contributed by atoms with E-state index in [0.29, 0.717) is 0 Å². The van der Waals surface area contributed by atoms with E-state index in [1.807, 2.05) is 19.0 Å². The molecule has 0 heterocycles. The van der Waals surface area contributed by atoms with Crippen LogP contribution in [0.25, 0.3) is 0 Å². The van der Waals surface area contributed by atoms with E-state index in [2.05, 4.69) is 18.8 Å². The Morgan fingerprint density at radius 3 is 2.25 bits per heavy atom. The van der Waals surface area contributed by atoms with Gasteiger partial charge in [0, 0.05) is 20.6 Å². The average molecular weight is 114 g/mol. The van der Waals surface area contributed by atoms with Crippen LogP contribution in [-0.2, 0) is 0 Å². The van der Waals surface area contributed by atoms with Crippen molar-refractivity contribution in [3.05, 3.63) is 12.4 Å². The summed E-state index contributed by atoms with van der Waals surface area (Å²) in [4.78, 5) is 1.95. The Morgan fingerprint density at radius 1 is 1.62 bits per heavy atom. The normalized spacial score (nSPS) is 8.38. The maximum Gasteiger partial charge on any atom is 0.0933 e. The van der Waals surface area contributed by atoms with Gasteiger partial charge in [-0.05, 0) is 6.92 Å². The van der Waals surface area contributed by atoms with Crippen molar-refractivity contribution < 1.29 is 0 Å². The predicted octanol–water partition coefficient (Wildman–Crippen LogP) is 0.629. The van der Waals surface area contributed by atoms with Gasteiger partial charge in [-0.2, -0.15) is 0 Å². The molecule has 0 aliphatic rings. The third kappa shape index (κ3) is 2.50. The molecular formula is C6H14N2. The second kappa shape index (κ2) is 3.36. The van der Waals surface area contributed by atoms with Crippen LogP contribution in [0.5, 0.6) is 0 Å². The predicted molar refractivity (Wildman–Crippen MR) is 36.5 cm³/mol. The number of nitrogens with zero attached hydrogens (tertiary/aromatic N) is 1. The molecule has 0 bridgehead atoms. The molecule has 48 valence electrons. The summed E-state index contributed by atoms with van der Waals surface area (Å²) in [5.41, 5.74) is 0. The third-order valence-corrected chi connectivity index (χ3v) is 0.921. The van der Waals surface area contributed by atoms with Crippen molar-refractivity contribution in [1.82, 2.24) is 10.2 Å². The van der Waals surface area contributed by atoms with E-state index >= 15 is 0 Å². The SMILES string of the molecule is C=C(NCC)N(C)C. The molecule has 0 unspecified atom stereocenters. The fourth-order valence-corrected chi connectivity index (χ4v) is 0.362. The molecule has 0 aliphatic carbocycles. The van der Waals surface area contributed by atoms with Gasteiger partial charge < -0.3 is 10.2 Å². The van der Waals surface area contributed by atoms with Gasteiger partial charge in [-0.25, -0.2) is 0 Å². The van der Waals surface area contributed by atoms with Gasteiger partial charge >= 0.3 is 0 Å². The van der Waals surface area contributed by atoms with Crippen molar-refractivity contribution >= 4 is 0 Å². The van der Waals surface area contributed by atoms with Gasteiger partial charge in [0.15, 0.2) is 0 Å². The summed E-state index contributed by atoms with van der Waals surface area (Å²) < 4.78 is 0. The first-order valence-electron chi connectivity index (χ1n) is 2.78.